The molecule has 2 bridgehead atoms. The van der Waals surface area contributed by atoms with Crippen molar-refractivity contribution in [1.82, 2.24) is 19.3 Å². The summed E-state index contributed by atoms with van der Waals surface area (Å²) in [6, 6.07) is 1.33. The predicted molar refractivity (Wildman–Crippen MR) is 82.2 cm³/mol. The Morgan fingerprint density at radius 2 is 2.14 bits per heavy atom. The number of nitrogen functional groups attached to an aromatic ring is 1. The first-order valence-electron chi connectivity index (χ1n) is 7.53. The van der Waals surface area contributed by atoms with Crippen LogP contribution in [0.25, 0.3) is 5.65 Å². The fourth-order valence-electron chi connectivity index (χ4n) is 3.70. The second-order valence-electron chi connectivity index (χ2n) is 6.04. The lowest BCUT2D eigenvalue weighted by Crippen LogP contribution is -2.37. The summed E-state index contributed by atoms with van der Waals surface area (Å²) in [4.78, 5) is 14.0. The fourth-order valence-corrected chi connectivity index (χ4v) is 3.70. The first-order chi connectivity index (χ1) is 10.3. The number of imidazole rings is 1. The summed E-state index contributed by atoms with van der Waals surface area (Å²) in [5.74, 6) is 7.14. The normalized spacial score (nSPS) is 26.3. The zero-order valence-corrected chi connectivity index (χ0v) is 12.2. The Kier molecular flexibility index (Phi) is 2.97. The third-order valence-corrected chi connectivity index (χ3v) is 4.95. The van der Waals surface area contributed by atoms with E-state index in [1.807, 2.05) is 16.8 Å². The van der Waals surface area contributed by atoms with Gasteiger partial charge in [-0.25, -0.2) is 15.8 Å². The highest BCUT2D eigenvalue weighted by Crippen LogP contribution is 2.31. The van der Waals surface area contributed by atoms with Crippen molar-refractivity contribution in [3.63, 3.8) is 0 Å². The van der Waals surface area contributed by atoms with E-state index in [2.05, 4.69) is 32.2 Å². The van der Waals surface area contributed by atoms with Crippen molar-refractivity contribution < 1.29 is 0 Å². The molecule has 0 aromatic carbocycles. The zero-order valence-electron chi connectivity index (χ0n) is 12.2. The van der Waals surface area contributed by atoms with Crippen LogP contribution in [0, 0.1) is 0 Å². The van der Waals surface area contributed by atoms with Gasteiger partial charge >= 0.3 is 0 Å². The van der Waals surface area contributed by atoms with E-state index in [1.54, 1.807) is 6.20 Å². The van der Waals surface area contributed by atoms with Crippen molar-refractivity contribution in [3.8, 4) is 0 Å². The van der Waals surface area contributed by atoms with Crippen molar-refractivity contribution in [2.45, 2.75) is 31.3 Å². The van der Waals surface area contributed by atoms with Gasteiger partial charge in [0.25, 0.3) is 0 Å². The lowest BCUT2D eigenvalue weighted by atomic mass is 10.1. The molecule has 4 heterocycles. The van der Waals surface area contributed by atoms with Crippen LogP contribution in [0.4, 0.5) is 11.6 Å². The molecule has 2 aromatic heterocycles. The maximum atomic E-state index is 5.55. The van der Waals surface area contributed by atoms with Gasteiger partial charge in [-0.2, -0.15) is 0 Å². The molecule has 7 nitrogen and oxygen atoms in total. The van der Waals surface area contributed by atoms with Crippen molar-refractivity contribution in [2.75, 3.05) is 30.5 Å². The molecule has 0 radical (unpaired) electrons. The summed E-state index contributed by atoms with van der Waals surface area (Å²) < 4.78 is 1.98. The van der Waals surface area contributed by atoms with Crippen molar-refractivity contribution >= 4 is 17.3 Å². The first kappa shape index (κ1) is 12.8. The molecule has 2 aliphatic heterocycles. The van der Waals surface area contributed by atoms with Gasteiger partial charge in [-0.15, -0.1) is 0 Å². The molecule has 0 amide bonds. The Morgan fingerprint density at radius 3 is 3.00 bits per heavy atom. The summed E-state index contributed by atoms with van der Waals surface area (Å²) in [6.45, 7) is 2.03. The van der Waals surface area contributed by atoms with E-state index in [0.29, 0.717) is 17.9 Å². The van der Waals surface area contributed by atoms with E-state index < -0.39 is 0 Å². The van der Waals surface area contributed by atoms with Crippen molar-refractivity contribution in [1.29, 1.82) is 0 Å². The van der Waals surface area contributed by atoms with Crippen LogP contribution in [-0.2, 0) is 0 Å². The number of fused-ring (bicyclic) bond motifs is 3. The van der Waals surface area contributed by atoms with Gasteiger partial charge in [0.1, 0.15) is 0 Å². The quantitative estimate of drug-likeness (QED) is 0.625. The van der Waals surface area contributed by atoms with Crippen molar-refractivity contribution in [3.05, 3.63) is 18.6 Å². The number of nitrogens with zero attached hydrogens (tertiary/aromatic N) is 5. The van der Waals surface area contributed by atoms with Gasteiger partial charge in [0.05, 0.1) is 6.20 Å². The van der Waals surface area contributed by atoms with Crippen molar-refractivity contribution in [2.24, 2.45) is 5.84 Å². The predicted octanol–water partition coefficient (Wildman–Crippen LogP) is 0.688. The number of nitrogens with two attached hydrogens (primary N) is 1. The van der Waals surface area contributed by atoms with Crippen LogP contribution >= 0.6 is 0 Å². The van der Waals surface area contributed by atoms with Gasteiger partial charge in [-0.05, 0) is 26.3 Å². The topological polar surface area (TPSA) is 74.7 Å². The highest BCUT2D eigenvalue weighted by molar-refractivity contribution is 5.67. The molecule has 21 heavy (non-hydrogen) atoms. The Balaban J connectivity index is 1.74. The number of aromatic nitrogens is 3. The van der Waals surface area contributed by atoms with Gasteiger partial charge in [-0.3, -0.25) is 4.90 Å². The Morgan fingerprint density at radius 1 is 1.29 bits per heavy atom. The average Bonchev–Trinajstić information content (AvgIpc) is 3.03. The van der Waals surface area contributed by atoms with Gasteiger partial charge in [-0.1, -0.05) is 0 Å². The molecule has 112 valence electrons. The minimum Gasteiger partial charge on any atom is -0.352 e. The maximum Gasteiger partial charge on any atom is 0.180 e. The van der Waals surface area contributed by atoms with E-state index in [4.69, 9.17) is 5.84 Å². The molecule has 7 heteroatoms. The number of hydrazine groups is 1. The number of hydrogen-bond acceptors (Lipinski definition) is 6. The molecule has 2 fully saturated rings. The lowest BCUT2D eigenvalue weighted by molar-refractivity contribution is 0.254. The Labute approximate surface area is 123 Å². The SMILES string of the molecule is CN1C2CCC1CN(c1nc(NN)cn3ccnc13)CC2. The molecule has 0 aliphatic carbocycles. The maximum absolute atomic E-state index is 5.55. The van der Waals surface area contributed by atoms with Crippen LogP contribution in [0.3, 0.4) is 0 Å². The van der Waals surface area contributed by atoms with Gasteiger partial charge in [0.15, 0.2) is 17.3 Å². The van der Waals surface area contributed by atoms with Crippen LogP contribution in [0.15, 0.2) is 18.6 Å². The second kappa shape index (κ2) is 4.85. The largest absolute Gasteiger partial charge is 0.352 e. The monoisotopic (exact) mass is 287 g/mol. The van der Waals surface area contributed by atoms with E-state index in [1.165, 1.54) is 19.3 Å². The summed E-state index contributed by atoms with van der Waals surface area (Å²) >= 11 is 0. The number of anilines is 2. The molecule has 2 aromatic rings. The summed E-state index contributed by atoms with van der Waals surface area (Å²) in [5, 5.41) is 0. The van der Waals surface area contributed by atoms with Gasteiger partial charge in [0.2, 0.25) is 0 Å². The highest BCUT2D eigenvalue weighted by Gasteiger charge is 2.35. The smallest absolute Gasteiger partial charge is 0.180 e. The fraction of sp³-hybridized carbons (Fsp3) is 0.571. The molecule has 2 unspecified atom stereocenters. The zero-order chi connectivity index (χ0) is 14.4. The lowest BCUT2D eigenvalue weighted by Gasteiger charge is -2.27. The van der Waals surface area contributed by atoms with Crippen LogP contribution in [-0.4, -0.2) is 51.5 Å². The average molecular weight is 287 g/mol. The minimum absolute atomic E-state index is 0.615. The molecule has 2 aliphatic rings. The van der Waals surface area contributed by atoms with Crippen LogP contribution in [0.2, 0.25) is 0 Å². The number of nitrogens with one attached hydrogen (secondary N) is 1. The van der Waals surface area contributed by atoms with E-state index >= 15 is 0 Å². The van der Waals surface area contributed by atoms with E-state index in [0.717, 1.165) is 24.6 Å². The van der Waals surface area contributed by atoms with Crippen LogP contribution in [0.5, 0.6) is 0 Å². The standard InChI is InChI=1S/C14H21N7/c1-19-10-2-3-11(19)8-20(6-4-10)14-13-16-5-7-21(13)9-12(17-14)18-15/h5,7,9-11,18H,2-4,6,8,15H2,1H3. The van der Waals surface area contributed by atoms with Gasteiger partial charge in [0, 0.05) is 37.6 Å². The van der Waals surface area contributed by atoms with Gasteiger partial charge < -0.3 is 14.7 Å². The Hall–Kier alpha value is -1.86. The van der Waals surface area contributed by atoms with E-state index in [-0.39, 0.29) is 0 Å². The Bertz CT molecular complexity index is 652. The van der Waals surface area contributed by atoms with E-state index in [9.17, 15) is 0 Å². The number of rotatable bonds is 2. The summed E-state index contributed by atoms with van der Waals surface area (Å²) in [5.41, 5.74) is 3.55. The summed E-state index contributed by atoms with van der Waals surface area (Å²) in [6.07, 6.45) is 9.38. The summed E-state index contributed by atoms with van der Waals surface area (Å²) in [7, 11) is 2.25. The highest BCUT2D eigenvalue weighted by atomic mass is 15.3. The van der Waals surface area contributed by atoms with Crippen LogP contribution in [0.1, 0.15) is 19.3 Å². The molecular weight excluding hydrogens is 266 g/mol. The molecule has 3 N–H and O–H groups in total. The third kappa shape index (κ3) is 2.04. The second-order valence-corrected chi connectivity index (χ2v) is 6.04. The van der Waals surface area contributed by atoms with Crippen LogP contribution < -0.4 is 16.2 Å². The minimum atomic E-state index is 0.615. The molecule has 2 saturated heterocycles. The molecule has 0 saturated carbocycles. The molecular formula is C14H21N7. The number of hydrogen-bond donors (Lipinski definition) is 2. The number of likely N-dealkylation sites (N-methyl/N-ethyl adjacent to an activating group) is 1. The molecule has 4 rings (SSSR count). The third-order valence-electron chi connectivity index (χ3n) is 4.95. The molecule has 0 spiro atoms. The first-order valence-corrected chi connectivity index (χ1v) is 7.53. The molecule has 2 atom stereocenters.